The van der Waals surface area contributed by atoms with Crippen molar-refractivity contribution >= 4 is 21.6 Å². The number of aromatic nitrogens is 2. The summed E-state index contributed by atoms with van der Waals surface area (Å²) >= 11 is 0. The van der Waals surface area contributed by atoms with Gasteiger partial charge in [-0.3, -0.25) is 23.7 Å². The molecule has 9 atom stereocenters. The van der Waals surface area contributed by atoms with Crippen LogP contribution in [0.2, 0.25) is 0 Å². The van der Waals surface area contributed by atoms with Crippen LogP contribution in [0.1, 0.15) is 6.23 Å². The second-order valence-corrected chi connectivity index (χ2v) is 11.2. The van der Waals surface area contributed by atoms with Gasteiger partial charge in [-0.1, -0.05) is 0 Å². The molecule has 0 bridgehead atoms. The van der Waals surface area contributed by atoms with Crippen molar-refractivity contribution in [2.45, 2.75) is 55.1 Å². The van der Waals surface area contributed by atoms with Gasteiger partial charge in [0.2, 0.25) is 0 Å². The van der Waals surface area contributed by atoms with Gasteiger partial charge in [0, 0.05) is 18.8 Å². The van der Waals surface area contributed by atoms with Gasteiger partial charge >= 0.3 is 33.4 Å². The van der Waals surface area contributed by atoms with Crippen LogP contribution >= 0.6 is 15.6 Å². The summed E-state index contributed by atoms with van der Waals surface area (Å²) in [4.78, 5) is 61.1. The number of aliphatic hydroxyl groups excluding tert-OH is 7. The predicted molar refractivity (Wildman–Crippen MR) is 126 cm³/mol. The number of aliphatic hydroxyl groups is 7. The number of carbonyl (C=O) groups excluding carboxylic acids is 1. The van der Waals surface area contributed by atoms with E-state index >= 15 is 0 Å². The molecule has 0 aromatic carbocycles. The number of aromatic amines is 1. The Morgan fingerprint density at radius 3 is 2.12 bits per heavy atom. The van der Waals surface area contributed by atoms with E-state index in [2.05, 4.69) is 8.83 Å². The van der Waals surface area contributed by atoms with Gasteiger partial charge in [0.15, 0.2) is 6.23 Å². The number of alkyl halides is 3. The van der Waals surface area contributed by atoms with E-state index in [4.69, 9.17) is 39.8 Å². The molecule has 0 saturated carbocycles. The molecule has 1 saturated heterocycles. The molecule has 2 rings (SSSR count). The fraction of sp³-hybridized carbons (Fsp3) is 0.706. The van der Waals surface area contributed by atoms with Gasteiger partial charge in [-0.25, -0.2) is 13.9 Å². The molecule has 2 heterocycles. The Labute approximate surface area is 236 Å². The molecular formula is C17H28F3N3O18P2. The van der Waals surface area contributed by atoms with Crippen LogP contribution in [0.4, 0.5) is 13.2 Å². The van der Waals surface area contributed by atoms with Crippen molar-refractivity contribution in [3.63, 3.8) is 0 Å². The number of hydrogen-bond acceptors (Lipinski definition) is 15. The molecule has 1 amide bonds. The van der Waals surface area contributed by atoms with Gasteiger partial charge in [0.05, 0.1) is 19.3 Å². The summed E-state index contributed by atoms with van der Waals surface area (Å²) in [6, 6.07) is 0.962. The molecule has 1 fully saturated rings. The highest BCUT2D eigenvalue weighted by atomic mass is 31.3. The van der Waals surface area contributed by atoms with Gasteiger partial charge in [0.25, 0.3) is 5.56 Å². The molecule has 5 unspecified atom stereocenters. The van der Waals surface area contributed by atoms with Crippen molar-refractivity contribution in [3.05, 3.63) is 33.1 Å². The molecule has 0 radical (unpaired) electrons. The predicted octanol–water partition coefficient (Wildman–Crippen LogP) is -5.52. The van der Waals surface area contributed by atoms with E-state index in [1.807, 2.05) is 4.98 Å². The molecule has 250 valence electrons. The average Bonchev–Trinajstić information content (AvgIpc) is 3.16. The first-order valence-electron chi connectivity index (χ1n) is 11.3. The average molecular weight is 681 g/mol. The topological polar surface area (TPSA) is 348 Å². The van der Waals surface area contributed by atoms with E-state index < -0.39 is 108 Å². The Morgan fingerprint density at radius 2 is 1.63 bits per heavy atom. The van der Waals surface area contributed by atoms with Crippen LogP contribution in [0.5, 0.6) is 0 Å². The molecule has 0 spiro atoms. The highest BCUT2D eigenvalue weighted by Gasteiger charge is 2.46. The van der Waals surface area contributed by atoms with Gasteiger partial charge in [-0.05, 0) is 0 Å². The van der Waals surface area contributed by atoms with Crippen LogP contribution in [0, 0.1) is 0 Å². The van der Waals surface area contributed by atoms with Crippen molar-refractivity contribution < 1.29 is 91.1 Å². The third-order valence-corrected chi connectivity index (χ3v) is 7.28. The first kappa shape index (κ1) is 38.9. The van der Waals surface area contributed by atoms with Gasteiger partial charge in [0.1, 0.15) is 36.6 Å². The first-order valence-corrected chi connectivity index (χ1v) is 14.3. The second kappa shape index (κ2) is 15.7. The molecule has 1 aliphatic heterocycles. The highest BCUT2D eigenvalue weighted by Crippen LogP contribution is 2.57. The standard InChI is InChI=1S/C9H14N2O12P2.C8H14F3NO6/c12-5-1-2-11(9(15)10-5)8-7(14)6(13)4(22-8)3-21-25(19,20)23-24(16,17)18;9-8(10,11)7(18)12-1-3(14)5(16)6(17)4(15)2-13/h1-2,4,6-8,13-14H,3H2,(H,19,20)(H,10,12,15)(H2,16,17,18);3-6,13-17H,1-2H2,(H,12,18)/t4-,6-,7-,8-;/m1./s1. The smallest absolute Gasteiger partial charge is 0.394 e. The quantitative estimate of drug-likeness (QED) is 0.0915. The molecule has 21 nitrogen and oxygen atoms in total. The van der Waals surface area contributed by atoms with Crippen LogP contribution in [-0.2, 0) is 27.5 Å². The monoisotopic (exact) mass is 681 g/mol. The lowest BCUT2D eigenvalue weighted by Gasteiger charge is -2.25. The van der Waals surface area contributed by atoms with Gasteiger partial charge in [-0.2, -0.15) is 17.5 Å². The number of H-pyrrole nitrogens is 1. The minimum atomic E-state index is -5.32. The highest BCUT2D eigenvalue weighted by molar-refractivity contribution is 7.60. The lowest BCUT2D eigenvalue weighted by atomic mass is 10.0. The molecule has 12 N–H and O–H groups in total. The van der Waals surface area contributed by atoms with Crippen LogP contribution in [-0.4, -0.2) is 135 Å². The maximum absolute atomic E-state index is 11.8. The molecule has 1 aromatic rings. The van der Waals surface area contributed by atoms with Crippen molar-refractivity contribution in [1.82, 2.24) is 14.9 Å². The number of hydrogen-bond donors (Lipinski definition) is 12. The van der Waals surface area contributed by atoms with Crippen LogP contribution in [0.15, 0.2) is 21.9 Å². The number of halogens is 3. The number of nitrogens with one attached hydrogen (secondary N) is 2. The number of rotatable bonds is 12. The van der Waals surface area contributed by atoms with E-state index in [-0.39, 0.29) is 0 Å². The van der Waals surface area contributed by atoms with Crippen LogP contribution in [0.3, 0.4) is 0 Å². The van der Waals surface area contributed by atoms with Crippen LogP contribution in [0.25, 0.3) is 0 Å². The molecule has 43 heavy (non-hydrogen) atoms. The first-order chi connectivity index (χ1) is 19.5. The number of nitrogens with zero attached hydrogens (tertiary/aromatic N) is 1. The van der Waals surface area contributed by atoms with Crippen molar-refractivity contribution in [2.75, 3.05) is 19.8 Å². The van der Waals surface area contributed by atoms with Crippen LogP contribution < -0.4 is 16.6 Å². The Bertz CT molecular complexity index is 1270. The van der Waals surface area contributed by atoms with E-state index in [9.17, 15) is 52.0 Å². The van der Waals surface area contributed by atoms with Gasteiger partial charge in [-0.15, -0.1) is 0 Å². The largest absolute Gasteiger partial charge is 0.481 e. The summed E-state index contributed by atoms with van der Waals surface area (Å²) in [6.45, 7) is -2.80. The zero-order valence-electron chi connectivity index (χ0n) is 21.1. The summed E-state index contributed by atoms with van der Waals surface area (Å²) in [7, 11) is -10.5. The van der Waals surface area contributed by atoms with E-state index in [0.29, 0.717) is 0 Å². The third-order valence-electron chi connectivity index (χ3n) is 5.13. The van der Waals surface area contributed by atoms with Crippen molar-refractivity contribution in [2.24, 2.45) is 0 Å². The Balaban J connectivity index is 0.000000457. The minimum Gasteiger partial charge on any atom is -0.394 e. The number of carbonyl (C=O) groups is 1. The summed E-state index contributed by atoms with van der Waals surface area (Å²) in [5.74, 6) is -2.31. The molecule has 1 aromatic heterocycles. The van der Waals surface area contributed by atoms with Crippen molar-refractivity contribution in [3.8, 4) is 0 Å². The second-order valence-electron chi connectivity index (χ2n) is 8.41. The SMILES string of the molecule is O=C(NCC(O)C(O)C(O)C(O)CO)C(F)(F)F.O=c1ccn([C@@H]2O[C@H](COP(=O)(O)OP(=O)(O)O)[C@@H](O)[C@H]2O)c(=O)[nH]1. The number of phosphoric ester groups is 1. The van der Waals surface area contributed by atoms with Gasteiger partial charge < -0.3 is 60.5 Å². The number of ether oxygens (including phenoxy) is 1. The van der Waals surface area contributed by atoms with E-state index in [0.717, 1.165) is 16.8 Å². The summed E-state index contributed by atoms with van der Waals surface area (Å²) < 4.78 is 70.9. The Kier molecular flexibility index (Phi) is 14.2. The lowest BCUT2D eigenvalue weighted by molar-refractivity contribution is -0.174. The number of amides is 1. The zero-order chi connectivity index (χ0) is 33.5. The fourth-order valence-electron chi connectivity index (χ4n) is 3.03. The lowest BCUT2D eigenvalue weighted by Crippen LogP contribution is -2.51. The molecule has 1 aliphatic rings. The minimum absolute atomic E-state index is 0.704. The maximum Gasteiger partial charge on any atom is 0.481 e. The van der Waals surface area contributed by atoms with Crippen molar-refractivity contribution in [1.29, 1.82) is 0 Å². The fourth-order valence-corrected chi connectivity index (χ4v) is 4.63. The van der Waals surface area contributed by atoms with E-state index in [1.165, 1.54) is 5.32 Å². The molecule has 26 heteroatoms. The Morgan fingerprint density at radius 1 is 1.07 bits per heavy atom. The maximum atomic E-state index is 11.8. The number of phosphoric acid groups is 2. The molecule has 0 aliphatic carbocycles. The third kappa shape index (κ3) is 12.4. The summed E-state index contributed by atoms with van der Waals surface area (Å²) in [5, 5.41) is 65.9. The van der Waals surface area contributed by atoms with E-state index in [1.54, 1.807) is 0 Å². The normalized spacial score (nSPS) is 25.0. The summed E-state index contributed by atoms with van der Waals surface area (Å²) in [5.41, 5.74) is -1.65. The Hall–Kier alpha value is -2.12. The summed E-state index contributed by atoms with van der Waals surface area (Å²) in [6.07, 6.45) is -18.1. The molecular weight excluding hydrogens is 653 g/mol. The zero-order valence-corrected chi connectivity index (χ0v) is 22.9.